The zero-order valence-corrected chi connectivity index (χ0v) is 18.1. The van der Waals surface area contributed by atoms with Crippen LogP contribution in [0.3, 0.4) is 0 Å². The quantitative estimate of drug-likeness (QED) is 0.546. The summed E-state index contributed by atoms with van der Waals surface area (Å²) in [5.74, 6) is 1.47. The fourth-order valence-electron chi connectivity index (χ4n) is 4.41. The third kappa shape index (κ3) is 6.74. The van der Waals surface area contributed by atoms with Gasteiger partial charge in [-0.05, 0) is 31.9 Å². The molecule has 0 bridgehead atoms. The molecule has 6 nitrogen and oxygen atoms in total. The normalized spacial score (nSPS) is 20.9. The van der Waals surface area contributed by atoms with Crippen LogP contribution in [0, 0.1) is 5.92 Å². The zero-order chi connectivity index (χ0) is 20.5. The smallest absolute Gasteiger partial charge is 0.225 e. The van der Waals surface area contributed by atoms with E-state index in [0.717, 1.165) is 57.9 Å². The summed E-state index contributed by atoms with van der Waals surface area (Å²) in [7, 11) is 3.94. The molecule has 1 saturated heterocycles. The van der Waals surface area contributed by atoms with Gasteiger partial charge in [0, 0.05) is 51.7 Å². The van der Waals surface area contributed by atoms with Crippen LogP contribution in [-0.4, -0.2) is 68.0 Å². The zero-order valence-electron chi connectivity index (χ0n) is 18.1. The number of likely N-dealkylation sites (N-methyl/N-ethyl adjacent to an activating group) is 1. The van der Waals surface area contributed by atoms with E-state index in [-0.39, 0.29) is 12.0 Å². The first-order valence-electron chi connectivity index (χ1n) is 11.1. The molecule has 1 aromatic carbocycles. The molecule has 3 rings (SSSR count). The fraction of sp³-hybridized carbons (Fsp3) is 0.652. The van der Waals surface area contributed by atoms with Crippen LogP contribution in [0.5, 0.6) is 0 Å². The monoisotopic (exact) mass is 399 g/mol. The van der Waals surface area contributed by atoms with Crippen LogP contribution in [0.1, 0.15) is 44.1 Å². The molecule has 1 aromatic rings. The van der Waals surface area contributed by atoms with Gasteiger partial charge in [-0.25, -0.2) is 0 Å². The number of guanidine groups is 1. The molecule has 0 spiro atoms. The van der Waals surface area contributed by atoms with Crippen molar-refractivity contribution < 1.29 is 4.79 Å². The number of amides is 1. The molecule has 2 fully saturated rings. The van der Waals surface area contributed by atoms with E-state index in [0.29, 0.717) is 5.91 Å². The standard InChI is InChI=1S/C23H37N5O/c1-24-23(25-14-16-27(2)17-19-9-5-3-6-10-19)26-21-13-15-28(18-21)22(29)20-11-7-4-8-12-20/h3,5-6,9-10,20-21H,4,7-8,11-18H2,1-2H3,(H2,24,25,26). The summed E-state index contributed by atoms with van der Waals surface area (Å²) in [4.78, 5) is 21.5. The van der Waals surface area contributed by atoms with Gasteiger partial charge < -0.3 is 20.4 Å². The van der Waals surface area contributed by atoms with Gasteiger partial charge in [0.1, 0.15) is 0 Å². The number of carbonyl (C=O) groups is 1. The summed E-state index contributed by atoms with van der Waals surface area (Å²) in [6, 6.07) is 10.8. The Balaban J connectivity index is 1.36. The Hall–Kier alpha value is -2.08. The largest absolute Gasteiger partial charge is 0.355 e. The van der Waals surface area contributed by atoms with Crippen molar-refractivity contribution in [2.45, 2.75) is 51.1 Å². The minimum absolute atomic E-state index is 0.264. The first-order valence-corrected chi connectivity index (χ1v) is 11.1. The van der Waals surface area contributed by atoms with Crippen molar-refractivity contribution in [3.05, 3.63) is 35.9 Å². The van der Waals surface area contributed by atoms with Gasteiger partial charge in [-0.2, -0.15) is 0 Å². The number of likely N-dealkylation sites (tertiary alicyclic amines) is 1. The number of rotatable bonds is 7. The summed E-state index contributed by atoms with van der Waals surface area (Å²) in [5.41, 5.74) is 1.33. The Morgan fingerprint density at radius 1 is 1.17 bits per heavy atom. The Bertz CT molecular complexity index is 656. The Labute approximate surface area is 175 Å². The molecule has 1 unspecified atom stereocenters. The van der Waals surface area contributed by atoms with Crippen LogP contribution in [-0.2, 0) is 11.3 Å². The Morgan fingerprint density at radius 2 is 1.93 bits per heavy atom. The molecule has 0 radical (unpaired) electrons. The van der Waals surface area contributed by atoms with E-state index in [4.69, 9.17) is 0 Å². The van der Waals surface area contributed by atoms with E-state index in [1.165, 1.54) is 24.8 Å². The van der Waals surface area contributed by atoms with Crippen LogP contribution in [0.15, 0.2) is 35.3 Å². The summed E-state index contributed by atoms with van der Waals surface area (Å²) in [6.07, 6.45) is 6.85. The van der Waals surface area contributed by atoms with Crippen LogP contribution >= 0.6 is 0 Å². The molecule has 1 aliphatic carbocycles. The van der Waals surface area contributed by atoms with Crippen LogP contribution in [0.4, 0.5) is 0 Å². The average Bonchev–Trinajstić information content (AvgIpc) is 3.22. The van der Waals surface area contributed by atoms with Gasteiger partial charge in [-0.3, -0.25) is 9.79 Å². The molecule has 2 aliphatic rings. The van der Waals surface area contributed by atoms with Gasteiger partial charge in [0.2, 0.25) is 5.91 Å². The van der Waals surface area contributed by atoms with E-state index >= 15 is 0 Å². The molecule has 6 heteroatoms. The molecule has 160 valence electrons. The van der Waals surface area contributed by atoms with Gasteiger partial charge in [0.25, 0.3) is 0 Å². The highest BCUT2D eigenvalue weighted by atomic mass is 16.2. The van der Waals surface area contributed by atoms with E-state index in [1.54, 1.807) is 0 Å². The molecular weight excluding hydrogens is 362 g/mol. The molecule has 1 aliphatic heterocycles. The number of nitrogens with one attached hydrogen (secondary N) is 2. The lowest BCUT2D eigenvalue weighted by Gasteiger charge is -2.26. The van der Waals surface area contributed by atoms with Crippen molar-refractivity contribution in [1.29, 1.82) is 0 Å². The lowest BCUT2D eigenvalue weighted by atomic mass is 9.88. The van der Waals surface area contributed by atoms with Gasteiger partial charge in [-0.15, -0.1) is 0 Å². The minimum Gasteiger partial charge on any atom is -0.355 e. The highest BCUT2D eigenvalue weighted by Crippen LogP contribution is 2.26. The third-order valence-electron chi connectivity index (χ3n) is 6.10. The first kappa shape index (κ1) is 21.6. The van der Waals surface area contributed by atoms with Gasteiger partial charge in [-0.1, -0.05) is 49.6 Å². The maximum atomic E-state index is 12.7. The predicted octanol–water partition coefficient (Wildman–Crippen LogP) is 2.46. The fourth-order valence-corrected chi connectivity index (χ4v) is 4.41. The number of aliphatic imine (C=N–C) groups is 1. The lowest BCUT2D eigenvalue weighted by molar-refractivity contribution is -0.135. The topological polar surface area (TPSA) is 60.0 Å². The second-order valence-corrected chi connectivity index (χ2v) is 8.47. The number of nitrogens with zero attached hydrogens (tertiary/aromatic N) is 3. The SMILES string of the molecule is CN=C(NCCN(C)Cc1ccccc1)NC1CCN(C(=O)C2CCCCC2)C1. The first-order chi connectivity index (χ1) is 14.2. The molecule has 0 aromatic heterocycles. The Morgan fingerprint density at radius 3 is 2.66 bits per heavy atom. The highest BCUT2D eigenvalue weighted by molar-refractivity contribution is 5.81. The highest BCUT2D eigenvalue weighted by Gasteiger charge is 2.31. The number of hydrogen-bond acceptors (Lipinski definition) is 3. The number of benzene rings is 1. The van der Waals surface area contributed by atoms with Crippen LogP contribution in [0.25, 0.3) is 0 Å². The van der Waals surface area contributed by atoms with Crippen LogP contribution in [0.2, 0.25) is 0 Å². The van der Waals surface area contributed by atoms with Crippen molar-refractivity contribution in [3.63, 3.8) is 0 Å². The van der Waals surface area contributed by atoms with Gasteiger partial charge >= 0.3 is 0 Å². The number of hydrogen-bond donors (Lipinski definition) is 2. The second-order valence-electron chi connectivity index (χ2n) is 8.47. The number of carbonyl (C=O) groups excluding carboxylic acids is 1. The van der Waals surface area contributed by atoms with E-state index in [9.17, 15) is 4.79 Å². The summed E-state index contributed by atoms with van der Waals surface area (Å²) in [6.45, 7) is 4.37. The van der Waals surface area contributed by atoms with Crippen molar-refractivity contribution in [1.82, 2.24) is 20.4 Å². The maximum absolute atomic E-state index is 12.7. The molecule has 1 amide bonds. The summed E-state index contributed by atoms with van der Waals surface area (Å²) >= 11 is 0. The summed E-state index contributed by atoms with van der Waals surface area (Å²) in [5, 5.41) is 6.92. The van der Waals surface area contributed by atoms with Crippen molar-refractivity contribution in [2.24, 2.45) is 10.9 Å². The van der Waals surface area contributed by atoms with Gasteiger partial charge in [0.05, 0.1) is 0 Å². The summed E-state index contributed by atoms with van der Waals surface area (Å²) < 4.78 is 0. The molecule has 1 saturated carbocycles. The van der Waals surface area contributed by atoms with Crippen molar-refractivity contribution in [3.8, 4) is 0 Å². The molecule has 29 heavy (non-hydrogen) atoms. The van der Waals surface area contributed by atoms with E-state index < -0.39 is 0 Å². The van der Waals surface area contributed by atoms with Crippen molar-refractivity contribution >= 4 is 11.9 Å². The molecule has 1 heterocycles. The molecule has 2 N–H and O–H groups in total. The van der Waals surface area contributed by atoms with Gasteiger partial charge in [0.15, 0.2) is 5.96 Å². The van der Waals surface area contributed by atoms with Crippen LogP contribution < -0.4 is 10.6 Å². The van der Waals surface area contributed by atoms with Crippen molar-refractivity contribution in [2.75, 3.05) is 40.3 Å². The molecular formula is C23H37N5O. The van der Waals surface area contributed by atoms with E-state index in [2.05, 4.69) is 56.7 Å². The van der Waals surface area contributed by atoms with E-state index in [1.807, 2.05) is 13.1 Å². The molecule has 1 atom stereocenters. The maximum Gasteiger partial charge on any atom is 0.225 e. The second kappa shape index (κ2) is 11.2. The lowest BCUT2D eigenvalue weighted by Crippen LogP contribution is -2.47. The third-order valence-corrected chi connectivity index (χ3v) is 6.10. The minimum atomic E-state index is 0.264. The predicted molar refractivity (Wildman–Crippen MR) is 119 cm³/mol. The Kier molecular flexibility index (Phi) is 8.35. The average molecular weight is 400 g/mol.